The molecule has 0 N–H and O–H groups in total. The first-order valence-electron chi connectivity index (χ1n) is 5.82. The summed E-state index contributed by atoms with van der Waals surface area (Å²) in [5.41, 5.74) is -0.0476. The van der Waals surface area contributed by atoms with Gasteiger partial charge in [0.25, 0.3) is 15.0 Å². The molecule has 1 aliphatic rings. The Morgan fingerprint density at radius 1 is 1.37 bits per heavy atom. The topological polar surface area (TPSA) is 54.5 Å². The first-order chi connectivity index (χ1) is 8.82. The fourth-order valence-electron chi connectivity index (χ4n) is 2.03. The number of amides is 1. The molecule has 1 aliphatic carbocycles. The summed E-state index contributed by atoms with van der Waals surface area (Å²) in [7, 11) is 3.00. The van der Waals surface area contributed by atoms with Gasteiger partial charge in [-0.2, -0.15) is 0 Å². The summed E-state index contributed by atoms with van der Waals surface area (Å²) in [4.78, 5) is 13.7. The summed E-state index contributed by atoms with van der Waals surface area (Å²) in [6, 6.07) is 4.37. The molecular formula is C12H13Cl2NO3S. The van der Waals surface area contributed by atoms with E-state index in [1.165, 1.54) is 23.1 Å². The van der Waals surface area contributed by atoms with Gasteiger partial charge in [-0.25, -0.2) is 8.42 Å². The number of hydrogen-bond acceptors (Lipinski definition) is 3. The van der Waals surface area contributed by atoms with Crippen molar-refractivity contribution in [2.24, 2.45) is 0 Å². The third-order valence-electron chi connectivity index (χ3n) is 3.39. The molecule has 19 heavy (non-hydrogen) atoms. The van der Waals surface area contributed by atoms with Gasteiger partial charge in [0.05, 0.1) is 15.5 Å². The van der Waals surface area contributed by atoms with E-state index in [0.29, 0.717) is 0 Å². The molecule has 1 amide bonds. The van der Waals surface area contributed by atoms with Gasteiger partial charge in [-0.05, 0) is 31.4 Å². The van der Waals surface area contributed by atoms with Gasteiger partial charge in [0.1, 0.15) is 0 Å². The van der Waals surface area contributed by atoms with Crippen molar-refractivity contribution in [3.8, 4) is 0 Å². The maximum atomic E-state index is 12.4. The zero-order chi connectivity index (χ0) is 14.2. The van der Waals surface area contributed by atoms with Crippen molar-refractivity contribution < 1.29 is 13.2 Å². The number of rotatable bonds is 3. The lowest BCUT2D eigenvalue weighted by Gasteiger charge is -2.35. The van der Waals surface area contributed by atoms with Crippen molar-refractivity contribution in [1.82, 2.24) is 4.90 Å². The molecule has 1 saturated carbocycles. The van der Waals surface area contributed by atoms with E-state index < -0.39 is 15.0 Å². The van der Waals surface area contributed by atoms with E-state index in [9.17, 15) is 13.2 Å². The van der Waals surface area contributed by atoms with Crippen molar-refractivity contribution in [1.29, 1.82) is 0 Å². The van der Waals surface area contributed by atoms with Crippen LogP contribution in [-0.2, 0) is 9.05 Å². The van der Waals surface area contributed by atoms with E-state index >= 15 is 0 Å². The average Bonchev–Trinajstić information content (AvgIpc) is 2.24. The molecule has 0 bridgehead atoms. The van der Waals surface area contributed by atoms with Gasteiger partial charge in [-0.3, -0.25) is 4.79 Å². The second kappa shape index (κ2) is 5.31. The Morgan fingerprint density at radius 3 is 2.47 bits per heavy atom. The molecule has 1 fully saturated rings. The smallest absolute Gasteiger partial charge is 0.262 e. The predicted molar refractivity (Wildman–Crippen MR) is 74.2 cm³/mol. The minimum Gasteiger partial charge on any atom is -0.339 e. The van der Waals surface area contributed by atoms with E-state index in [1.54, 1.807) is 7.05 Å². The van der Waals surface area contributed by atoms with Crippen LogP contribution in [0.1, 0.15) is 29.6 Å². The van der Waals surface area contributed by atoms with Crippen molar-refractivity contribution >= 4 is 37.2 Å². The molecule has 0 heterocycles. The number of carbonyl (C=O) groups excluding carboxylic acids is 1. The summed E-state index contributed by atoms with van der Waals surface area (Å²) in [5.74, 6) is -0.408. The molecule has 104 valence electrons. The molecule has 0 aromatic heterocycles. The quantitative estimate of drug-likeness (QED) is 0.804. The van der Waals surface area contributed by atoms with Crippen LogP contribution in [0.3, 0.4) is 0 Å². The molecule has 0 spiro atoms. The summed E-state index contributed by atoms with van der Waals surface area (Å²) >= 11 is 5.97. The van der Waals surface area contributed by atoms with Crippen LogP contribution in [0.4, 0.5) is 0 Å². The zero-order valence-corrected chi connectivity index (χ0v) is 12.6. The standard InChI is InChI=1S/C12H13Cl2NO3S/c1-15(8-4-2-5-8)12(16)11-9(13)6-3-7-10(11)19(14,17)18/h3,6-8H,2,4-5H2,1H3. The molecule has 2 rings (SSSR count). The van der Waals surface area contributed by atoms with Crippen LogP contribution in [0, 0.1) is 0 Å². The highest BCUT2D eigenvalue weighted by atomic mass is 35.7. The van der Waals surface area contributed by atoms with Crippen LogP contribution >= 0.6 is 22.3 Å². The second-order valence-electron chi connectivity index (χ2n) is 4.55. The Balaban J connectivity index is 2.46. The Hall–Kier alpha value is -0.780. The van der Waals surface area contributed by atoms with Crippen molar-refractivity contribution in [2.75, 3.05) is 7.05 Å². The number of carbonyl (C=O) groups is 1. The molecule has 0 radical (unpaired) electrons. The summed E-state index contributed by atoms with van der Waals surface area (Å²) in [6.07, 6.45) is 2.93. The van der Waals surface area contributed by atoms with Gasteiger partial charge < -0.3 is 4.90 Å². The van der Waals surface area contributed by atoms with Crippen LogP contribution < -0.4 is 0 Å². The van der Waals surface area contributed by atoms with E-state index in [0.717, 1.165) is 19.3 Å². The Kier molecular flexibility index (Phi) is 4.08. The van der Waals surface area contributed by atoms with Crippen LogP contribution in [0.15, 0.2) is 23.1 Å². The fourth-order valence-corrected chi connectivity index (χ4v) is 3.41. The first kappa shape index (κ1) is 14.6. The normalized spacial score (nSPS) is 15.9. The zero-order valence-electron chi connectivity index (χ0n) is 10.3. The molecule has 0 saturated heterocycles. The minimum atomic E-state index is -4.01. The van der Waals surface area contributed by atoms with Crippen molar-refractivity contribution in [3.05, 3.63) is 28.8 Å². The minimum absolute atomic E-state index is 0.0476. The van der Waals surface area contributed by atoms with E-state index in [4.69, 9.17) is 22.3 Å². The number of benzene rings is 1. The highest BCUT2D eigenvalue weighted by molar-refractivity contribution is 8.13. The maximum Gasteiger partial charge on any atom is 0.262 e. The van der Waals surface area contributed by atoms with Gasteiger partial charge in [0.15, 0.2) is 0 Å². The molecule has 0 aliphatic heterocycles. The lowest BCUT2D eigenvalue weighted by Crippen LogP contribution is -2.41. The lowest BCUT2D eigenvalue weighted by atomic mass is 9.91. The Labute approximate surface area is 121 Å². The molecule has 4 nitrogen and oxygen atoms in total. The molecule has 0 atom stereocenters. The van der Waals surface area contributed by atoms with E-state index in [-0.39, 0.29) is 21.5 Å². The highest BCUT2D eigenvalue weighted by Gasteiger charge is 2.31. The largest absolute Gasteiger partial charge is 0.339 e. The fraction of sp³-hybridized carbons (Fsp3) is 0.417. The lowest BCUT2D eigenvalue weighted by molar-refractivity contribution is 0.0648. The predicted octanol–water partition coefficient (Wildman–Crippen LogP) is 2.89. The van der Waals surface area contributed by atoms with Gasteiger partial charge in [-0.15, -0.1) is 0 Å². The van der Waals surface area contributed by atoms with Crippen LogP contribution in [-0.4, -0.2) is 32.3 Å². The van der Waals surface area contributed by atoms with Crippen LogP contribution in [0.25, 0.3) is 0 Å². The highest BCUT2D eigenvalue weighted by Crippen LogP contribution is 2.31. The van der Waals surface area contributed by atoms with Gasteiger partial charge in [-0.1, -0.05) is 17.7 Å². The average molecular weight is 322 g/mol. The van der Waals surface area contributed by atoms with Crippen molar-refractivity contribution in [2.45, 2.75) is 30.2 Å². The van der Waals surface area contributed by atoms with E-state index in [1.807, 2.05) is 0 Å². The summed E-state index contributed by atoms with van der Waals surface area (Å²) < 4.78 is 23.0. The summed E-state index contributed by atoms with van der Waals surface area (Å²) in [6.45, 7) is 0. The van der Waals surface area contributed by atoms with E-state index in [2.05, 4.69) is 0 Å². The Bertz CT molecular complexity index is 611. The third kappa shape index (κ3) is 2.88. The molecular weight excluding hydrogens is 309 g/mol. The molecule has 1 aromatic carbocycles. The number of hydrogen-bond donors (Lipinski definition) is 0. The van der Waals surface area contributed by atoms with Gasteiger partial charge in [0.2, 0.25) is 0 Å². The third-order valence-corrected chi connectivity index (χ3v) is 5.07. The first-order valence-corrected chi connectivity index (χ1v) is 8.51. The van der Waals surface area contributed by atoms with Crippen LogP contribution in [0.5, 0.6) is 0 Å². The monoisotopic (exact) mass is 321 g/mol. The molecule has 0 unspecified atom stereocenters. The maximum absolute atomic E-state index is 12.4. The second-order valence-corrected chi connectivity index (χ2v) is 7.49. The molecule has 1 aromatic rings. The number of nitrogens with zero attached hydrogens (tertiary/aromatic N) is 1. The Morgan fingerprint density at radius 2 is 2.00 bits per heavy atom. The van der Waals surface area contributed by atoms with Crippen LogP contribution in [0.2, 0.25) is 5.02 Å². The van der Waals surface area contributed by atoms with Gasteiger partial charge in [0, 0.05) is 23.8 Å². The molecule has 7 heteroatoms. The number of halogens is 2. The van der Waals surface area contributed by atoms with Gasteiger partial charge >= 0.3 is 0 Å². The summed E-state index contributed by atoms with van der Waals surface area (Å²) in [5, 5.41) is 0.0953. The van der Waals surface area contributed by atoms with Crippen molar-refractivity contribution in [3.63, 3.8) is 0 Å². The SMILES string of the molecule is CN(C(=O)c1c(Cl)cccc1S(=O)(=O)Cl)C1CCC1.